The number of nitrogens with one attached hydrogen (secondary N) is 2. The molecule has 0 spiro atoms. The van der Waals surface area contributed by atoms with Crippen LogP contribution in [0.2, 0.25) is 0 Å². The fourth-order valence-electron chi connectivity index (χ4n) is 3.87. The van der Waals surface area contributed by atoms with Crippen LogP contribution in [0.5, 0.6) is 5.75 Å². The van der Waals surface area contributed by atoms with Crippen LogP contribution in [-0.4, -0.2) is 45.5 Å². The van der Waals surface area contributed by atoms with Gasteiger partial charge in [-0.2, -0.15) is 13.2 Å². The number of alkyl halides is 3. The van der Waals surface area contributed by atoms with E-state index in [1.165, 1.54) is 13.0 Å². The molecule has 36 heavy (non-hydrogen) atoms. The summed E-state index contributed by atoms with van der Waals surface area (Å²) in [5.41, 5.74) is 0.283. The topological polar surface area (TPSA) is 87.7 Å². The van der Waals surface area contributed by atoms with Crippen LogP contribution in [0.1, 0.15) is 18.9 Å². The van der Waals surface area contributed by atoms with Crippen LogP contribution in [0.3, 0.4) is 0 Å². The Labute approximate surface area is 210 Å². The molecule has 3 aromatic rings. The number of halogens is 3. The fraction of sp³-hybridized carbons (Fsp3) is 0.292. The maximum atomic E-state index is 13.5. The highest BCUT2D eigenvalue weighted by Gasteiger charge is 2.36. The molecular formula is C24H24F3N3O4S2. The van der Waals surface area contributed by atoms with Gasteiger partial charge in [0.1, 0.15) is 16.1 Å². The first-order chi connectivity index (χ1) is 16.9. The molecule has 0 bridgehead atoms. The molecular weight excluding hydrogens is 515 g/mol. The van der Waals surface area contributed by atoms with E-state index in [0.29, 0.717) is 35.6 Å². The molecule has 2 N–H and O–H groups in total. The second-order valence-corrected chi connectivity index (χ2v) is 11.5. The molecule has 1 aliphatic heterocycles. The zero-order valence-corrected chi connectivity index (χ0v) is 21.1. The summed E-state index contributed by atoms with van der Waals surface area (Å²) in [6.45, 7) is 2.57. The monoisotopic (exact) mass is 539 g/mol. The number of likely N-dealkylation sites (tertiary alicyclic amines) is 1. The van der Waals surface area contributed by atoms with Gasteiger partial charge < -0.3 is 15.0 Å². The average Bonchev–Trinajstić information content (AvgIpc) is 3.42. The molecule has 1 fully saturated rings. The molecule has 1 atom stereocenters. The summed E-state index contributed by atoms with van der Waals surface area (Å²) < 4.78 is 74.6. The number of carbonyl (C=O) groups is 1. The molecule has 7 nitrogen and oxygen atoms in total. The highest BCUT2D eigenvalue weighted by molar-refractivity contribution is 7.94. The fourth-order valence-corrected chi connectivity index (χ4v) is 6.22. The number of hydrogen-bond donors (Lipinski definition) is 2. The lowest BCUT2D eigenvalue weighted by Gasteiger charge is -2.19. The van der Waals surface area contributed by atoms with Gasteiger partial charge in [0, 0.05) is 36.6 Å². The van der Waals surface area contributed by atoms with Crippen LogP contribution in [0.15, 0.2) is 58.8 Å². The van der Waals surface area contributed by atoms with E-state index >= 15 is 0 Å². The number of benzene rings is 2. The zero-order valence-electron chi connectivity index (χ0n) is 19.4. The van der Waals surface area contributed by atoms with Crippen molar-refractivity contribution in [3.05, 3.63) is 60.2 Å². The normalized spacial score (nSPS) is 16.6. The van der Waals surface area contributed by atoms with Crippen molar-refractivity contribution in [1.29, 1.82) is 0 Å². The van der Waals surface area contributed by atoms with Crippen molar-refractivity contribution in [2.24, 2.45) is 0 Å². The largest absolute Gasteiger partial charge is 0.488 e. The van der Waals surface area contributed by atoms with Gasteiger partial charge in [-0.1, -0.05) is 12.1 Å². The summed E-state index contributed by atoms with van der Waals surface area (Å²) in [6.07, 6.45) is -4.49. The molecule has 4 rings (SSSR count). The Morgan fingerprint density at radius 1 is 1.11 bits per heavy atom. The molecule has 2 heterocycles. The number of hydrogen-bond acceptors (Lipinski definition) is 6. The predicted molar refractivity (Wildman–Crippen MR) is 133 cm³/mol. The van der Waals surface area contributed by atoms with Gasteiger partial charge in [0.05, 0.1) is 11.3 Å². The Balaban J connectivity index is 1.57. The van der Waals surface area contributed by atoms with E-state index in [-0.39, 0.29) is 15.8 Å². The van der Waals surface area contributed by atoms with Crippen LogP contribution in [0.4, 0.5) is 24.5 Å². The van der Waals surface area contributed by atoms with Crippen LogP contribution in [-0.2, 0) is 21.0 Å². The van der Waals surface area contributed by atoms with Gasteiger partial charge in [-0.15, -0.1) is 11.3 Å². The number of thiophene rings is 1. The summed E-state index contributed by atoms with van der Waals surface area (Å²) >= 11 is 0.998. The third-order valence-corrected chi connectivity index (χ3v) is 8.50. The highest BCUT2D eigenvalue weighted by atomic mass is 32.2. The third-order valence-electron chi connectivity index (χ3n) is 5.49. The van der Waals surface area contributed by atoms with Crippen molar-refractivity contribution in [3.8, 4) is 16.2 Å². The smallest absolute Gasteiger partial charge is 0.419 e. The van der Waals surface area contributed by atoms with Crippen LogP contribution in [0, 0.1) is 0 Å². The maximum Gasteiger partial charge on any atom is 0.419 e. The first-order valence-corrected chi connectivity index (χ1v) is 13.3. The summed E-state index contributed by atoms with van der Waals surface area (Å²) in [5.74, 6) is -0.643. The number of sulfonamides is 1. The van der Waals surface area contributed by atoms with Crippen molar-refractivity contribution in [3.63, 3.8) is 0 Å². The number of ether oxygens (including phenoxy) is 1. The molecule has 0 radical (unpaired) electrons. The van der Waals surface area contributed by atoms with Gasteiger partial charge in [0.2, 0.25) is 5.91 Å². The minimum atomic E-state index is -4.65. The van der Waals surface area contributed by atoms with Crippen molar-refractivity contribution in [1.82, 2.24) is 4.90 Å². The van der Waals surface area contributed by atoms with Crippen molar-refractivity contribution >= 4 is 38.6 Å². The van der Waals surface area contributed by atoms with E-state index < -0.39 is 33.6 Å². The Kier molecular flexibility index (Phi) is 7.30. The van der Waals surface area contributed by atoms with E-state index in [9.17, 15) is 26.4 Å². The first kappa shape index (κ1) is 26.0. The lowest BCUT2D eigenvalue weighted by Crippen LogP contribution is -2.23. The van der Waals surface area contributed by atoms with Crippen LogP contribution < -0.4 is 14.8 Å². The third kappa shape index (κ3) is 6.18. The molecule has 0 saturated carbocycles. The highest BCUT2D eigenvalue weighted by Crippen LogP contribution is 2.39. The van der Waals surface area contributed by atoms with Gasteiger partial charge in [0.15, 0.2) is 0 Å². The van der Waals surface area contributed by atoms with Gasteiger partial charge in [-0.25, -0.2) is 8.42 Å². The zero-order chi connectivity index (χ0) is 26.1. The molecule has 1 aromatic heterocycles. The van der Waals surface area contributed by atoms with Crippen molar-refractivity contribution in [2.75, 3.05) is 30.2 Å². The molecule has 12 heteroatoms. The Morgan fingerprint density at radius 2 is 1.89 bits per heavy atom. The number of nitrogens with zero attached hydrogens (tertiary/aromatic N) is 1. The summed E-state index contributed by atoms with van der Waals surface area (Å²) in [5, 5.41) is 2.67. The Hall–Kier alpha value is -3.09. The van der Waals surface area contributed by atoms with E-state index in [2.05, 4.69) is 10.0 Å². The standard InChI is InChI=1S/C24H24F3N3O4S2/c1-15(31)28-17-5-3-4-16(12-17)22-8-9-23(35-22)36(32,33)29-18-6-7-20(24(25,26)27)21(13-18)34-19-10-11-30(2)14-19/h3-9,12-13,19,29H,10-11,14H2,1-2H3,(H,28,31)/t19-/m1/s1. The second kappa shape index (κ2) is 10.1. The van der Waals surface area contributed by atoms with Crippen molar-refractivity contribution < 1.29 is 31.1 Å². The van der Waals surface area contributed by atoms with Gasteiger partial charge in [-0.05, 0) is 55.4 Å². The SMILES string of the molecule is CC(=O)Nc1cccc(-c2ccc(S(=O)(=O)Nc3ccc(C(F)(F)F)c(O[C@@H]4CCN(C)C4)c3)s2)c1. The van der Waals surface area contributed by atoms with Gasteiger partial charge >= 0.3 is 6.18 Å². The summed E-state index contributed by atoms with van der Waals surface area (Å²) in [4.78, 5) is 13.9. The number of carbonyl (C=O) groups excluding carboxylic acids is 1. The van der Waals surface area contributed by atoms with E-state index in [4.69, 9.17) is 4.74 Å². The van der Waals surface area contributed by atoms with E-state index in [1.54, 1.807) is 30.3 Å². The molecule has 192 valence electrons. The van der Waals surface area contributed by atoms with E-state index in [0.717, 1.165) is 29.5 Å². The lowest BCUT2D eigenvalue weighted by molar-refractivity contribution is -0.139. The second-order valence-electron chi connectivity index (χ2n) is 8.49. The summed E-state index contributed by atoms with van der Waals surface area (Å²) in [6, 6.07) is 13.0. The number of likely N-dealkylation sites (N-methyl/N-ethyl adjacent to an activating group) is 1. The van der Waals surface area contributed by atoms with Gasteiger partial charge in [0.25, 0.3) is 10.0 Å². The van der Waals surface area contributed by atoms with Crippen molar-refractivity contribution in [2.45, 2.75) is 29.8 Å². The number of anilines is 2. The lowest BCUT2D eigenvalue weighted by atomic mass is 10.1. The molecule has 0 aliphatic carbocycles. The molecule has 1 amide bonds. The molecule has 2 aromatic carbocycles. The maximum absolute atomic E-state index is 13.5. The van der Waals surface area contributed by atoms with Crippen LogP contribution in [0.25, 0.3) is 10.4 Å². The minimum Gasteiger partial charge on any atom is -0.488 e. The number of amides is 1. The quantitative estimate of drug-likeness (QED) is 0.427. The average molecular weight is 540 g/mol. The van der Waals surface area contributed by atoms with E-state index in [1.807, 2.05) is 11.9 Å². The summed E-state index contributed by atoms with van der Waals surface area (Å²) in [7, 11) is -2.23. The predicted octanol–water partition coefficient (Wildman–Crippen LogP) is 5.28. The van der Waals surface area contributed by atoms with Gasteiger partial charge in [-0.3, -0.25) is 9.52 Å². The Morgan fingerprint density at radius 3 is 2.56 bits per heavy atom. The minimum absolute atomic E-state index is 0.0118. The molecule has 1 saturated heterocycles. The molecule has 1 aliphatic rings. The van der Waals surface area contributed by atoms with Crippen LogP contribution >= 0.6 is 11.3 Å². The Bertz CT molecular complexity index is 1370. The number of rotatable bonds is 7. The molecule has 0 unspecified atom stereocenters. The first-order valence-electron chi connectivity index (χ1n) is 11.0.